The molecule has 0 bridgehead atoms. The summed E-state index contributed by atoms with van der Waals surface area (Å²) >= 11 is 5.41. The number of hydrogen-bond acceptors (Lipinski definition) is 3. The van der Waals surface area contributed by atoms with Crippen LogP contribution in [0.4, 0.5) is 0 Å². The molecule has 2 fully saturated rings. The van der Waals surface area contributed by atoms with Crippen molar-refractivity contribution in [2.45, 2.75) is 32.2 Å². The highest BCUT2D eigenvalue weighted by molar-refractivity contribution is 7.91. The number of piperazine rings is 1. The summed E-state index contributed by atoms with van der Waals surface area (Å²) in [7, 11) is -2.76. The molecule has 0 amide bonds. The molecule has 0 spiro atoms. The van der Waals surface area contributed by atoms with Crippen LogP contribution in [0.3, 0.4) is 0 Å². The molecule has 0 radical (unpaired) electrons. The van der Waals surface area contributed by atoms with Gasteiger partial charge in [0.05, 0.1) is 31.9 Å². The number of nitrogens with zero attached hydrogens (tertiary/aromatic N) is 1. The molecule has 2 heterocycles. The van der Waals surface area contributed by atoms with Gasteiger partial charge in [0, 0.05) is 13.0 Å². The topological polar surface area (TPSA) is 53.9 Å². The number of rotatable bonds is 4. The molecule has 2 aliphatic rings. The maximum atomic E-state index is 11.5. The summed E-state index contributed by atoms with van der Waals surface area (Å²) in [5.41, 5.74) is 0. The smallest absolute Gasteiger partial charge is 0.169 e. The van der Waals surface area contributed by atoms with Gasteiger partial charge in [0.2, 0.25) is 0 Å². The lowest BCUT2D eigenvalue weighted by Gasteiger charge is -2.36. The van der Waals surface area contributed by atoms with Crippen molar-refractivity contribution in [3.05, 3.63) is 0 Å². The summed E-state index contributed by atoms with van der Waals surface area (Å²) < 4.78 is 23.1. The van der Waals surface area contributed by atoms with Crippen LogP contribution in [-0.4, -0.2) is 68.7 Å². The maximum absolute atomic E-state index is 11.5. The van der Waals surface area contributed by atoms with Gasteiger partial charge >= 0.3 is 0 Å². The van der Waals surface area contributed by atoms with E-state index in [1.807, 2.05) is 0 Å². The molecule has 0 saturated carbocycles. The average Bonchev–Trinajstić information content (AvgIpc) is 2.79. The van der Waals surface area contributed by atoms with E-state index in [4.69, 9.17) is 12.2 Å². The third-order valence-corrected chi connectivity index (χ3v) is 6.48. The van der Waals surface area contributed by atoms with Crippen LogP contribution in [0.25, 0.3) is 0 Å². The van der Waals surface area contributed by atoms with E-state index in [1.165, 1.54) is 11.3 Å². The van der Waals surface area contributed by atoms with E-state index in [0.29, 0.717) is 17.5 Å². The molecule has 2 aliphatic heterocycles. The van der Waals surface area contributed by atoms with Gasteiger partial charge in [0.25, 0.3) is 0 Å². The van der Waals surface area contributed by atoms with Gasteiger partial charge in [-0.05, 0) is 18.6 Å². The molecule has 0 unspecified atom stereocenters. The van der Waals surface area contributed by atoms with E-state index in [1.54, 1.807) is 0 Å². The molecule has 7 heteroatoms. The van der Waals surface area contributed by atoms with Gasteiger partial charge < -0.3 is 15.1 Å². The molecule has 5 nitrogen and oxygen atoms in total. The monoisotopic (exact) mass is 320 g/mol. The van der Waals surface area contributed by atoms with Crippen LogP contribution in [0.1, 0.15) is 26.2 Å². The second-order valence-corrected chi connectivity index (χ2v) is 8.45. The number of hydrogen-bond donors (Lipinski definition) is 2. The van der Waals surface area contributed by atoms with Crippen molar-refractivity contribution in [3.8, 4) is 0 Å². The molecule has 1 atom stereocenters. The second kappa shape index (κ2) is 7.04. The van der Waals surface area contributed by atoms with E-state index in [0.717, 1.165) is 50.7 Å². The zero-order chi connectivity index (χ0) is 14.6. The molecule has 0 aromatic carbocycles. The Hall–Kier alpha value is -0.400. The van der Waals surface area contributed by atoms with Gasteiger partial charge in [-0.2, -0.15) is 0 Å². The minimum atomic E-state index is -2.76. The molecule has 2 saturated heterocycles. The fraction of sp³-hybridized carbons (Fsp3) is 0.923. The van der Waals surface area contributed by atoms with Crippen LogP contribution in [-0.2, 0) is 9.84 Å². The standard InChI is InChI=1S/C13H25N3O2S2/c1-2-3-5-14-13(19)16-8-6-15(7-9-16)12-4-10-20(17,18)11-12/h12H,2-11H2,1H3,(H,14,19)/p+1/t12-/m1/s1. The largest absolute Gasteiger partial charge is 0.363 e. The van der Waals surface area contributed by atoms with Crippen LogP contribution in [0.15, 0.2) is 0 Å². The molecular formula is C13H26N3O2S2+. The third-order valence-electron chi connectivity index (χ3n) is 4.31. The van der Waals surface area contributed by atoms with Gasteiger partial charge in [-0.1, -0.05) is 13.3 Å². The van der Waals surface area contributed by atoms with Crippen molar-refractivity contribution in [3.63, 3.8) is 0 Å². The van der Waals surface area contributed by atoms with Gasteiger partial charge in [0.1, 0.15) is 11.8 Å². The highest BCUT2D eigenvalue weighted by Crippen LogP contribution is 2.09. The van der Waals surface area contributed by atoms with E-state index in [-0.39, 0.29) is 0 Å². The molecule has 2 N–H and O–H groups in total. The zero-order valence-corrected chi connectivity index (χ0v) is 13.9. The fourth-order valence-corrected chi connectivity index (χ4v) is 5.12. The summed E-state index contributed by atoms with van der Waals surface area (Å²) in [4.78, 5) is 3.66. The number of quaternary nitrogens is 1. The molecule has 0 aliphatic carbocycles. The summed E-state index contributed by atoms with van der Waals surface area (Å²) in [6, 6.07) is 0.309. The summed E-state index contributed by atoms with van der Waals surface area (Å²) in [5, 5.41) is 4.16. The Kier molecular flexibility index (Phi) is 5.63. The predicted octanol–water partition coefficient (Wildman–Crippen LogP) is -0.951. The van der Waals surface area contributed by atoms with E-state index >= 15 is 0 Å². The second-order valence-electron chi connectivity index (χ2n) is 5.83. The Morgan fingerprint density at radius 2 is 2.10 bits per heavy atom. The normalized spacial score (nSPS) is 26.6. The Morgan fingerprint density at radius 3 is 2.65 bits per heavy atom. The Morgan fingerprint density at radius 1 is 1.40 bits per heavy atom. The third kappa shape index (κ3) is 4.30. The first kappa shape index (κ1) is 16.0. The van der Waals surface area contributed by atoms with Gasteiger partial charge in [-0.15, -0.1) is 0 Å². The Balaban J connectivity index is 1.74. The average molecular weight is 321 g/mol. The highest BCUT2D eigenvalue weighted by atomic mass is 32.2. The van der Waals surface area contributed by atoms with Crippen LogP contribution >= 0.6 is 12.2 Å². The number of nitrogens with one attached hydrogen (secondary N) is 2. The van der Waals surface area contributed by atoms with Crippen LogP contribution in [0.2, 0.25) is 0 Å². The van der Waals surface area contributed by atoms with E-state index in [9.17, 15) is 8.42 Å². The lowest BCUT2D eigenvalue weighted by atomic mass is 10.2. The zero-order valence-electron chi connectivity index (χ0n) is 12.2. The first-order valence-corrected chi connectivity index (χ1v) is 9.82. The molecular weight excluding hydrogens is 294 g/mol. The maximum Gasteiger partial charge on any atom is 0.169 e. The van der Waals surface area contributed by atoms with Gasteiger partial charge in [0.15, 0.2) is 14.9 Å². The first-order valence-electron chi connectivity index (χ1n) is 7.59. The van der Waals surface area contributed by atoms with Crippen molar-refractivity contribution in [1.82, 2.24) is 10.2 Å². The SMILES string of the molecule is CCCCNC(=S)N1CC[NH+]([C@@H]2CCS(=O)(=O)C2)CC1. The molecule has 116 valence electrons. The quantitative estimate of drug-likeness (QED) is 0.517. The molecule has 0 aromatic heterocycles. The molecule has 0 aromatic rings. The minimum absolute atomic E-state index is 0.309. The first-order chi connectivity index (χ1) is 9.52. The van der Waals surface area contributed by atoms with Crippen molar-refractivity contribution in [2.24, 2.45) is 0 Å². The van der Waals surface area contributed by atoms with Crippen molar-refractivity contribution in [2.75, 3.05) is 44.2 Å². The number of unbranched alkanes of at least 4 members (excludes halogenated alkanes) is 1. The van der Waals surface area contributed by atoms with Crippen LogP contribution < -0.4 is 10.2 Å². The number of thiocarbonyl (C=S) groups is 1. The predicted molar refractivity (Wildman–Crippen MR) is 84.8 cm³/mol. The summed E-state index contributed by atoms with van der Waals surface area (Å²) in [6.45, 7) is 6.98. The lowest BCUT2D eigenvalue weighted by molar-refractivity contribution is -0.925. The molecule has 20 heavy (non-hydrogen) atoms. The van der Waals surface area contributed by atoms with Crippen molar-refractivity contribution >= 4 is 27.2 Å². The van der Waals surface area contributed by atoms with Crippen molar-refractivity contribution < 1.29 is 13.3 Å². The van der Waals surface area contributed by atoms with Gasteiger partial charge in [-0.3, -0.25) is 0 Å². The molecule has 2 rings (SSSR count). The van der Waals surface area contributed by atoms with E-state index < -0.39 is 9.84 Å². The van der Waals surface area contributed by atoms with Crippen molar-refractivity contribution in [1.29, 1.82) is 0 Å². The lowest BCUT2D eigenvalue weighted by Crippen LogP contribution is -3.18. The van der Waals surface area contributed by atoms with Crippen LogP contribution in [0, 0.1) is 0 Å². The Bertz CT molecular complexity index is 431. The fourth-order valence-electron chi connectivity index (χ4n) is 3.01. The van der Waals surface area contributed by atoms with Crippen LogP contribution in [0.5, 0.6) is 0 Å². The highest BCUT2D eigenvalue weighted by Gasteiger charge is 2.36. The van der Waals surface area contributed by atoms with E-state index in [2.05, 4.69) is 17.1 Å². The Labute approximate surface area is 127 Å². The van der Waals surface area contributed by atoms with Gasteiger partial charge in [-0.25, -0.2) is 8.42 Å². The number of sulfone groups is 1. The summed E-state index contributed by atoms with van der Waals surface area (Å²) in [5.74, 6) is 0.753. The summed E-state index contributed by atoms with van der Waals surface area (Å²) in [6.07, 6.45) is 3.14. The minimum Gasteiger partial charge on any atom is -0.363 e.